The van der Waals surface area contributed by atoms with Crippen molar-refractivity contribution in [2.24, 2.45) is 0 Å². The average molecular weight is 430 g/mol. The summed E-state index contributed by atoms with van der Waals surface area (Å²) in [6, 6.07) is 12.1. The monoisotopic (exact) mass is 430 g/mol. The molecule has 0 spiro atoms. The SMILES string of the molecule is COc1cccc(-n2ccnc2N2CCN(C(=O)c3cccc(C(F)(F)F)c3)CC2)c1. The van der Waals surface area contributed by atoms with E-state index in [1.54, 1.807) is 18.2 Å². The highest BCUT2D eigenvalue weighted by atomic mass is 19.4. The normalized spacial score (nSPS) is 14.6. The van der Waals surface area contributed by atoms with E-state index in [1.165, 1.54) is 12.1 Å². The van der Waals surface area contributed by atoms with Crippen molar-refractivity contribution >= 4 is 11.9 Å². The smallest absolute Gasteiger partial charge is 0.416 e. The fourth-order valence-electron chi connectivity index (χ4n) is 3.61. The molecule has 162 valence electrons. The third-order valence-corrected chi connectivity index (χ3v) is 5.24. The van der Waals surface area contributed by atoms with Gasteiger partial charge < -0.3 is 14.5 Å². The van der Waals surface area contributed by atoms with Gasteiger partial charge in [-0.25, -0.2) is 4.98 Å². The van der Waals surface area contributed by atoms with Gasteiger partial charge in [0.1, 0.15) is 5.75 Å². The summed E-state index contributed by atoms with van der Waals surface area (Å²) in [5.41, 5.74) is 0.118. The maximum absolute atomic E-state index is 13.0. The minimum atomic E-state index is -4.48. The van der Waals surface area contributed by atoms with Crippen LogP contribution in [0.3, 0.4) is 0 Å². The number of amides is 1. The number of hydrogen-bond acceptors (Lipinski definition) is 4. The topological polar surface area (TPSA) is 50.6 Å². The fraction of sp³-hybridized carbons (Fsp3) is 0.273. The molecule has 0 saturated carbocycles. The maximum Gasteiger partial charge on any atom is 0.416 e. The number of ether oxygens (including phenoxy) is 1. The highest BCUT2D eigenvalue weighted by Crippen LogP contribution is 2.30. The van der Waals surface area contributed by atoms with Crippen LogP contribution in [-0.2, 0) is 6.18 Å². The molecular weight excluding hydrogens is 409 g/mol. The molecule has 4 rings (SSSR count). The summed E-state index contributed by atoms with van der Waals surface area (Å²) in [6.45, 7) is 1.82. The molecule has 1 aromatic heterocycles. The van der Waals surface area contributed by atoms with E-state index in [-0.39, 0.29) is 5.56 Å². The van der Waals surface area contributed by atoms with Crippen molar-refractivity contribution in [3.8, 4) is 11.4 Å². The van der Waals surface area contributed by atoms with Gasteiger partial charge in [0.15, 0.2) is 0 Å². The van der Waals surface area contributed by atoms with Crippen molar-refractivity contribution in [2.75, 3.05) is 38.2 Å². The summed E-state index contributed by atoms with van der Waals surface area (Å²) in [4.78, 5) is 20.8. The summed E-state index contributed by atoms with van der Waals surface area (Å²) in [6.07, 6.45) is -0.925. The lowest BCUT2D eigenvalue weighted by molar-refractivity contribution is -0.137. The molecule has 1 aliphatic rings. The number of benzene rings is 2. The molecule has 9 heteroatoms. The van der Waals surface area contributed by atoms with Crippen LogP contribution in [0.2, 0.25) is 0 Å². The molecule has 0 N–H and O–H groups in total. The summed E-state index contributed by atoms with van der Waals surface area (Å²) in [5, 5.41) is 0. The zero-order chi connectivity index (χ0) is 22.0. The van der Waals surface area contributed by atoms with E-state index in [0.29, 0.717) is 26.2 Å². The standard InChI is InChI=1S/C22H21F3N4O2/c1-31-19-7-3-6-18(15-19)29-9-8-26-21(29)28-12-10-27(11-13-28)20(30)16-4-2-5-17(14-16)22(23,24)25/h2-9,14-15H,10-13H2,1H3. The van der Waals surface area contributed by atoms with E-state index in [4.69, 9.17) is 4.74 Å². The first-order valence-electron chi connectivity index (χ1n) is 9.76. The lowest BCUT2D eigenvalue weighted by Crippen LogP contribution is -2.49. The van der Waals surface area contributed by atoms with Crippen LogP contribution in [0.25, 0.3) is 5.69 Å². The van der Waals surface area contributed by atoms with Gasteiger partial charge in [0.25, 0.3) is 5.91 Å². The highest BCUT2D eigenvalue weighted by Gasteiger charge is 2.32. The number of anilines is 1. The number of aromatic nitrogens is 2. The second kappa shape index (κ2) is 8.33. The first-order valence-corrected chi connectivity index (χ1v) is 9.76. The molecule has 0 atom stereocenters. The fourth-order valence-corrected chi connectivity index (χ4v) is 3.61. The Hall–Kier alpha value is -3.49. The van der Waals surface area contributed by atoms with Crippen molar-refractivity contribution in [3.63, 3.8) is 0 Å². The third kappa shape index (κ3) is 4.35. The van der Waals surface area contributed by atoms with E-state index in [2.05, 4.69) is 9.88 Å². The average Bonchev–Trinajstić information content (AvgIpc) is 3.28. The number of rotatable bonds is 4. The molecule has 3 aromatic rings. The Morgan fingerprint density at radius 2 is 1.77 bits per heavy atom. The number of piperazine rings is 1. The van der Waals surface area contributed by atoms with E-state index in [9.17, 15) is 18.0 Å². The summed E-state index contributed by atoms with van der Waals surface area (Å²) in [5.74, 6) is 1.06. The van der Waals surface area contributed by atoms with Crippen molar-refractivity contribution in [3.05, 3.63) is 72.1 Å². The Bertz CT molecular complexity index is 1070. The van der Waals surface area contributed by atoms with Gasteiger partial charge in [0.2, 0.25) is 5.95 Å². The van der Waals surface area contributed by atoms with Gasteiger partial charge in [-0.05, 0) is 30.3 Å². The highest BCUT2D eigenvalue weighted by molar-refractivity contribution is 5.94. The Kier molecular flexibility index (Phi) is 5.58. The van der Waals surface area contributed by atoms with Crippen molar-refractivity contribution < 1.29 is 22.7 Å². The number of methoxy groups -OCH3 is 1. The minimum absolute atomic E-state index is 0.0427. The first-order chi connectivity index (χ1) is 14.9. The zero-order valence-electron chi connectivity index (χ0n) is 16.8. The van der Waals surface area contributed by atoms with E-state index in [0.717, 1.165) is 29.5 Å². The summed E-state index contributed by atoms with van der Waals surface area (Å²) < 4.78 is 46.1. The predicted molar refractivity (Wildman–Crippen MR) is 110 cm³/mol. The molecule has 6 nitrogen and oxygen atoms in total. The van der Waals surface area contributed by atoms with Crippen LogP contribution in [0.5, 0.6) is 5.75 Å². The molecule has 1 saturated heterocycles. The molecule has 0 aliphatic carbocycles. The molecule has 1 amide bonds. The number of hydrogen-bond donors (Lipinski definition) is 0. The van der Waals surface area contributed by atoms with Crippen LogP contribution in [-0.4, -0.2) is 53.6 Å². The second-order valence-corrected chi connectivity index (χ2v) is 7.16. The molecule has 2 aromatic carbocycles. The van der Waals surface area contributed by atoms with Crippen LogP contribution in [0.1, 0.15) is 15.9 Å². The quantitative estimate of drug-likeness (QED) is 0.631. The first kappa shape index (κ1) is 20.8. The molecule has 1 fully saturated rings. The number of halogens is 3. The number of imidazole rings is 1. The van der Waals surface area contributed by atoms with Crippen LogP contribution in [0, 0.1) is 0 Å². The largest absolute Gasteiger partial charge is 0.497 e. The number of nitrogens with zero attached hydrogens (tertiary/aromatic N) is 4. The molecule has 0 bridgehead atoms. The van der Waals surface area contributed by atoms with Gasteiger partial charge >= 0.3 is 6.18 Å². The molecule has 0 unspecified atom stereocenters. The van der Waals surface area contributed by atoms with Crippen LogP contribution in [0.15, 0.2) is 60.9 Å². The van der Waals surface area contributed by atoms with Gasteiger partial charge in [-0.1, -0.05) is 12.1 Å². The van der Waals surface area contributed by atoms with Crippen molar-refractivity contribution in [1.29, 1.82) is 0 Å². The van der Waals surface area contributed by atoms with Gasteiger partial charge in [0, 0.05) is 50.2 Å². The lowest BCUT2D eigenvalue weighted by atomic mass is 10.1. The molecule has 2 heterocycles. The lowest BCUT2D eigenvalue weighted by Gasteiger charge is -2.35. The summed E-state index contributed by atoms with van der Waals surface area (Å²) >= 11 is 0. The van der Waals surface area contributed by atoms with Gasteiger partial charge in [-0.2, -0.15) is 13.2 Å². The number of carbonyl (C=O) groups excluding carboxylic acids is 1. The van der Waals surface area contributed by atoms with Crippen molar-refractivity contribution in [2.45, 2.75) is 6.18 Å². The van der Waals surface area contributed by atoms with E-state index >= 15 is 0 Å². The zero-order valence-corrected chi connectivity index (χ0v) is 16.8. The molecular formula is C22H21F3N4O2. The van der Waals surface area contributed by atoms with E-state index in [1.807, 2.05) is 35.0 Å². The van der Waals surface area contributed by atoms with Gasteiger partial charge in [-0.15, -0.1) is 0 Å². The predicted octanol–water partition coefficient (Wildman–Crippen LogP) is 3.86. The Morgan fingerprint density at radius 1 is 1.03 bits per heavy atom. The van der Waals surface area contributed by atoms with E-state index < -0.39 is 17.6 Å². The molecule has 1 aliphatic heterocycles. The Balaban J connectivity index is 1.46. The third-order valence-electron chi connectivity index (χ3n) is 5.24. The van der Waals surface area contributed by atoms with Crippen molar-refractivity contribution in [1.82, 2.24) is 14.5 Å². The van der Waals surface area contributed by atoms with Gasteiger partial charge in [-0.3, -0.25) is 9.36 Å². The number of alkyl halides is 3. The minimum Gasteiger partial charge on any atom is -0.497 e. The van der Waals surface area contributed by atoms with Gasteiger partial charge in [0.05, 0.1) is 18.4 Å². The maximum atomic E-state index is 13.0. The van der Waals surface area contributed by atoms with Crippen LogP contribution < -0.4 is 9.64 Å². The van der Waals surface area contributed by atoms with Crippen LogP contribution >= 0.6 is 0 Å². The summed E-state index contributed by atoms with van der Waals surface area (Å²) in [7, 11) is 1.61. The Morgan fingerprint density at radius 3 is 2.48 bits per heavy atom. The Labute approximate surface area is 177 Å². The second-order valence-electron chi connectivity index (χ2n) is 7.16. The van der Waals surface area contributed by atoms with Crippen LogP contribution in [0.4, 0.5) is 19.1 Å². The number of carbonyl (C=O) groups is 1. The molecule has 0 radical (unpaired) electrons. The molecule has 31 heavy (non-hydrogen) atoms.